The fourth-order valence-corrected chi connectivity index (χ4v) is 1.12. The molecule has 2 nitrogen and oxygen atoms in total. The van der Waals surface area contributed by atoms with E-state index in [1.165, 1.54) is 24.4 Å². The molecule has 0 aliphatic carbocycles. The molecule has 0 saturated heterocycles. The summed E-state index contributed by atoms with van der Waals surface area (Å²) in [4.78, 5) is 0. The molecule has 0 aliphatic rings. The average molecular weight is 218 g/mol. The lowest BCUT2D eigenvalue weighted by molar-refractivity contribution is 0.322. The van der Waals surface area contributed by atoms with Crippen molar-refractivity contribution in [1.29, 1.82) is 0 Å². The van der Waals surface area contributed by atoms with Crippen LogP contribution in [-0.2, 0) is 0 Å². The molecule has 0 aromatic heterocycles. The Hall–Kier alpha value is -0.900. The maximum atomic E-state index is 12.5. The zero-order valence-corrected chi connectivity index (χ0v) is 7.05. The van der Waals surface area contributed by atoms with Crippen molar-refractivity contribution in [1.82, 2.24) is 0 Å². The lowest BCUT2D eigenvalue weighted by Gasteiger charge is -1.95. The van der Waals surface area contributed by atoms with Crippen molar-refractivity contribution in [2.75, 3.05) is 0 Å². The topological polar surface area (TPSA) is 32.6 Å². The first-order valence-electron chi connectivity index (χ1n) is 2.86. The quantitative estimate of drug-likeness (QED) is 0.438. The van der Waals surface area contributed by atoms with E-state index in [0.29, 0.717) is 10.0 Å². The second-order valence-corrected chi connectivity index (χ2v) is 2.76. The highest BCUT2D eigenvalue weighted by atomic mass is 79.9. The fraction of sp³-hybridized carbons (Fsp3) is 0. The summed E-state index contributed by atoms with van der Waals surface area (Å²) >= 11 is 3.11. The molecule has 1 aromatic carbocycles. The van der Waals surface area contributed by atoms with Gasteiger partial charge in [-0.1, -0.05) is 21.1 Å². The van der Waals surface area contributed by atoms with Crippen molar-refractivity contribution in [3.63, 3.8) is 0 Å². The molecule has 0 aliphatic heterocycles. The molecule has 0 unspecified atom stereocenters. The molecule has 0 fully saturated rings. The van der Waals surface area contributed by atoms with E-state index in [1.807, 2.05) is 0 Å². The van der Waals surface area contributed by atoms with Gasteiger partial charge in [0.05, 0.1) is 6.21 Å². The van der Waals surface area contributed by atoms with Gasteiger partial charge in [-0.3, -0.25) is 0 Å². The van der Waals surface area contributed by atoms with Gasteiger partial charge in [0.15, 0.2) is 0 Å². The number of rotatable bonds is 1. The van der Waals surface area contributed by atoms with E-state index in [4.69, 9.17) is 5.21 Å². The molecule has 0 amide bonds. The number of benzene rings is 1. The molecule has 1 rings (SSSR count). The molecule has 11 heavy (non-hydrogen) atoms. The van der Waals surface area contributed by atoms with Gasteiger partial charge in [-0.25, -0.2) is 4.39 Å². The molecule has 0 spiro atoms. The highest BCUT2D eigenvalue weighted by Gasteiger charge is 1.97. The lowest BCUT2D eigenvalue weighted by atomic mass is 10.2. The average Bonchev–Trinajstić information content (AvgIpc) is 1.95. The van der Waals surface area contributed by atoms with Gasteiger partial charge in [-0.2, -0.15) is 0 Å². The Balaban J connectivity index is 3.09. The number of oxime groups is 1. The molecule has 0 atom stereocenters. The third-order valence-corrected chi connectivity index (χ3v) is 1.85. The maximum absolute atomic E-state index is 12.5. The van der Waals surface area contributed by atoms with Crippen LogP contribution in [0.2, 0.25) is 0 Å². The van der Waals surface area contributed by atoms with Gasteiger partial charge in [0.2, 0.25) is 0 Å². The molecule has 1 aromatic rings. The Labute approximate surface area is 71.5 Å². The molecular formula is C7H5BrFNO. The van der Waals surface area contributed by atoms with Crippen molar-refractivity contribution in [3.8, 4) is 0 Å². The van der Waals surface area contributed by atoms with Crippen LogP contribution in [0, 0.1) is 5.82 Å². The number of halogens is 2. The van der Waals surface area contributed by atoms with Crippen LogP contribution >= 0.6 is 15.9 Å². The highest BCUT2D eigenvalue weighted by molar-refractivity contribution is 9.10. The molecule has 1 N–H and O–H groups in total. The molecule has 0 saturated carbocycles. The summed E-state index contributed by atoms with van der Waals surface area (Å²) < 4.78 is 13.0. The molecule has 0 radical (unpaired) electrons. The zero-order chi connectivity index (χ0) is 8.27. The van der Waals surface area contributed by atoms with Gasteiger partial charge in [-0.15, -0.1) is 0 Å². The predicted molar refractivity (Wildman–Crippen MR) is 43.5 cm³/mol. The highest BCUT2D eigenvalue weighted by Crippen LogP contribution is 2.15. The molecular weight excluding hydrogens is 213 g/mol. The van der Waals surface area contributed by atoms with Gasteiger partial charge in [0.25, 0.3) is 0 Å². The minimum atomic E-state index is -0.327. The lowest BCUT2D eigenvalue weighted by Crippen LogP contribution is -1.84. The summed E-state index contributed by atoms with van der Waals surface area (Å²) in [6, 6.07) is 4.11. The van der Waals surface area contributed by atoms with Crippen molar-refractivity contribution in [2.45, 2.75) is 0 Å². The van der Waals surface area contributed by atoms with Gasteiger partial charge in [0.1, 0.15) is 5.82 Å². The van der Waals surface area contributed by atoms with E-state index < -0.39 is 0 Å². The van der Waals surface area contributed by atoms with Crippen LogP contribution in [0.4, 0.5) is 4.39 Å². The Kier molecular flexibility index (Phi) is 2.59. The number of hydrogen-bond donors (Lipinski definition) is 1. The van der Waals surface area contributed by atoms with Gasteiger partial charge < -0.3 is 5.21 Å². The third kappa shape index (κ3) is 2.01. The second kappa shape index (κ2) is 3.48. The smallest absolute Gasteiger partial charge is 0.124 e. The van der Waals surface area contributed by atoms with E-state index >= 15 is 0 Å². The Morgan fingerprint density at radius 2 is 2.27 bits per heavy atom. The summed E-state index contributed by atoms with van der Waals surface area (Å²) in [6.07, 6.45) is 1.23. The van der Waals surface area contributed by atoms with Gasteiger partial charge in [-0.05, 0) is 18.2 Å². The van der Waals surface area contributed by atoms with Crippen LogP contribution in [0.15, 0.2) is 27.8 Å². The molecule has 4 heteroatoms. The first-order valence-corrected chi connectivity index (χ1v) is 3.66. The second-order valence-electron chi connectivity index (χ2n) is 1.91. The van der Waals surface area contributed by atoms with E-state index in [2.05, 4.69) is 21.1 Å². The van der Waals surface area contributed by atoms with Crippen molar-refractivity contribution >= 4 is 22.1 Å². The number of nitrogens with zero attached hydrogens (tertiary/aromatic N) is 1. The first kappa shape index (κ1) is 8.20. The van der Waals surface area contributed by atoms with E-state index in [-0.39, 0.29) is 5.82 Å². The predicted octanol–water partition coefficient (Wildman–Crippen LogP) is 2.40. The zero-order valence-electron chi connectivity index (χ0n) is 5.46. The summed E-state index contributed by atoms with van der Waals surface area (Å²) in [5.74, 6) is -0.327. The van der Waals surface area contributed by atoms with Crippen LogP contribution in [-0.4, -0.2) is 11.4 Å². The van der Waals surface area contributed by atoms with E-state index in [0.717, 1.165) is 0 Å². The van der Waals surface area contributed by atoms with Crippen LogP contribution in [0.3, 0.4) is 0 Å². The standard InChI is InChI=1S/C7H5BrFNO/c8-7-3-6(9)2-1-5(7)4-10-11/h1-4,11H/b10-4+. The van der Waals surface area contributed by atoms with Gasteiger partial charge >= 0.3 is 0 Å². The maximum Gasteiger partial charge on any atom is 0.124 e. The summed E-state index contributed by atoms with van der Waals surface area (Å²) in [5, 5.41) is 11.0. The number of hydrogen-bond acceptors (Lipinski definition) is 2. The Bertz CT molecular complexity index is 288. The largest absolute Gasteiger partial charge is 0.411 e. The Morgan fingerprint density at radius 3 is 2.82 bits per heavy atom. The third-order valence-electron chi connectivity index (χ3n) is 1.16. The van der Waals surface area contributed by atoms with Crippen molar-refractivity contribution in [2.24, 2.45) is 5.16 Å². The molecule has 58 valence electrons. The fourth-order valence-electron chi connectivity index (χ4n) is 0.668. The van der Waals surface area contributed by atoms with Gasteiger partial charge in [0, 0.05) is 10.0 Å². The van der Waals surface area contributed by atoms with Crippen LogP contribution in [0.1, 0.15) is 5.56 Å². The normalized spacial score (nSPS) is 10.7. The van der Waals surface area contributed by atoms with Crippen LogP contribution in [0.5, 0.6) is 0 Å². The summed E-state index contributed by atoms with van der Waals surface area (Å²) in [5.41, 5.74) is 0.633. The van der Waals surface area contributed by atoms with Crippen molar-refractivity contribution < 1.29 is 9.60 Å². The Morgan fingerprint density at radius 1 is 1.55 bits per heavy atom. The molecule has 0 bridgehead atoms. The van der Waals surface area contributed by atoms with E-state index in [1.54, 1.807) is 0 Å². The van der Waals surface area contributed by atoms with Crippen LogP contribution < -0.4 is 0 Å². The SMILES string of the molecule is O/N=C/c1ccc(F)cc1Br. The monoisotopic (exact) mass is 217 g/mol. The van der Waals surface area contributed by atoms with Crippen molar-refractivity contribution in [3.05, 3.63) is 34.1 Å². The molecule has 0 heterocycles. The minimum Gasteiger partial charge on any atom is -0.411 e. The summed E-state index contributed by atoms with van der Waals surface area (Å²) in [6.45, 7) is 0. The minimum absolute atomic E-state index is 0.327. The van der Waals surface area contributed by atoms with Crippen LogP contribution in [0.25, 0.3) is 0 Å². The summed E-state index contributed by atoms with van der Waals surface area (Å²) in [7, 11) is 0. The first-order chi connectivity index (χ1) is 5.24. The van der Waals surface area contributed by atoms with E-state index in [9.17, 15) is 4.39 Å².